The Morgan fingerprint density at radius 2 is 0.952 bits per heavy atom. The average Bonchev–Trinajstić information content (AvgIpc) is 2.69. The topological polar surface area (TPSA) is 0 Å². The van der Waals surface area contributed by atoms with Crippen molar-refractivity contribution >= 4 is 56.3 Å². The Labute approximate surface area is 153 Å². The second-order valence-corrected chi connectivity index (χ2v) is 7.89. The summed E-state index contributed by atoms with van der Waals surface area (Å²) >= 11 is 5.06. The van der Waals surface area contributed by atoms with Crippen LogP contribution in [0.1, 0.15) is 25.0 Å². The van der Waals surface area contributed by atoms with Crippen LogP contribution in [0.2, 0.25) is 0 Å². The monoisotopic (exact) mass is 498 g/mol. The summed E-state index contributed by atoms with van der Waals surface area (Å²) in [6.07, 6.45) is 0. The molecule has 0 N–H and O–H groups in total. The van der Waals surface area contributed by atoms with Crippen molar-refractivity contribution in [3.8, 4) is 0 Å². The fraction of sp³-hybridized carbons (Fsp3) is 0.158. The van der Waals surface area contributed by atoms with E-state index in [-0.39, 0.29) is 5.41 Å². The molecule has 0 saturated heterocycles. The summed E-state index contributed by atoms with van der Waals surface area (Å²) in [5.41, 5.74) is 5.48. The third kappa shape index (κ3) is 2.61. The minimum Gasteiger partial charge on any atom is -0.0622 e. The van der Waals surface area contributed by atoms with E-state index < -0.39 is 0 Å². The molecule has 21 heavy (non-hydrogen) atoms. The van der Waals surface area contributed by atoms with Crippen LogP contribution in [-0.2, 0) is 0 Å². The maximum atomic E-state index is 2.53. The molecule has 0 heterocycles. The van der Waals surface area contributed by atoms with Gasteiger partial charge in [-0.05, 0) is 56.3 Å². The number of hydrogen-bond donors (Lipinski definition) is 0. The lowest BCUT2D eigenvalue weighted by Crippen LogP contribution is -2.07. The first kappa shape index (κ1) is 15.3. The van der Waals surface area contributed by atoms with Gasteiger partial charge in [0.05, 0.1) is 0 Å². The van der Waals surface area contributed by atoms with E-state index in [0.29, 0.717) is 0 Å². The highest BCUT2D eigenvalue weighted by Crippen LogP contribution is 2.58. The van der Waals surface area contributed by atoms with Crippen molar-refractivity contribution in [3.05, 3.63) is 79.0 Å². The van der Waals surface area contributed by atoms with E-state index in [1.54, 1.807) is 0 Å². The molecule has 106 valence electrons. The van der Waals surface area contributed by atoms with Gasteiger partial charge in [-0.3, -0.25) is 0 Å². The van der Waals surface area contributed by atoms with Gasteiger partial charge in [-0.25, -0.2) is 0 Å². The van der Waals surface area contributed by atoms with E-state index in [1.807, 2.05) is 0 Å². The van der Waals surface area contributed by atoms with Gasteiger partial charge in [0.15, 0.2) is 0 Å². The minimum atomic E-state index is 0.0947. The lowest BCUT2D eigenvalue weighted by Gasteiger charge is -2.20. The number of allylic oxidation sites excluding steroid dienone is 4. The van der Waals surface area contributed by atoms with Crippen molar-refractivity contribution in [3.63, 3.8) is 0 Å². The Morgan fingerprint density at radius 3 is 1.29 bits per heavy atom. The molecule has 0 aliphatic heterocycles. The number of benzene rings is 2. The molecular formula is C19H16I2. The summed E-state index contributed by atoms with van der Waals surface area (Å²) in [5, 5.41) is 0. The zero-order chi connectivity index (χ0) is 15.0. The molecule has 0 fully saturated rings. The zero-order valence-corrected chi connectivity index (χ0v) is 16.3. The van der Waals surface area contributed by atoms with Crippen LogP contribution in [0.5, 0.6) is 0 Å². The van der Waals surface area contributed by atoms with Crippen molar-refractivity contribution in [2.24, 2.45) is 5.41 Å². The van der Waals surface area contributed by atoms with Gasteiger partial charge in [-0.1, -0.05) is 74.5 Å². The van der Waals surface area contributed by atoms with E-state index in [4.69, 9.17) is 0 Å². The predicted octanol–water partition coefficient (Wildman–Crippen LogP) is 6.72. The van der Waals surface area contributed by atoms with E-state index in [2.05, 4.69) is 120 Å². The molecule has 0 saturated carbocycles. The summed E-state index contributed by atoms with van der Waals surface area (Å²) < 4.78 is 2.85. The number of hydrogen-bond acceptors (Lipinski definition) is 0. The fourth-order valence-electron chi connectivity index (χ4n) is 2.69. The number of rotatable bonds is 2. The third-order valence-corrected chi connectivity index (χ3v) is 7.69. The maximum absolute atomic E-state index is 2.53. The van der Waals surface area contributed by atoms with E-state index >= 15 is 0 Å². The van der Waals surface area contributed by atoms with Crippen molar-refractivity contribution in [1.82, 2.24) is 0 Å². The second kappa shape index (κ2) is 5.88. The van der Waals surface area contributed by atoms with E-state index in [9.17, 15) is 0 Å². The zero-order valence-electron chi connectivity index (χ0n) is 12.0. The van der Waals surface area contributed by atoms with Gasteiger partial charge in [-0.2, -0.15) is 0 Å². The van der Waals surface area contributed by atoms with E-state index in [0.717, 1.165) is 0 Å². The van der Waals surface area contributed by atoms with Gasteiger partial charge in [0.2, 0.25) is 0 Å². The Hall–Kier alpha value is -0.620. The molecule has 0 amide bonds. The van der Waals surface area contributed by atoms with E-state index in [1.165, 1.54) is 29.4 Å². The van der Waals surface area contributed by atoms with Crippen LogP contribution in [0.3, 0.4) is 0 Å². The Balaban J connectivity index is 2.27. The van der Waals surface area contributed by atoms with Gasteiger partial charge in [0.25, 0.3) is 0 Å². The molecule has 1 aliphatic carbocycles. The average molecular weight is 498 g/mol. The molecule has 0 bridgehead atoms. The fourth-order valence-corrected chi connectivity index (χ4v) is 4.91. The van der Waals surface area contributed by atoms with Gasteiger partial charge in [-0.15, -0.1) is 0 Å². The van der Waals surface area contributed by atoms with Crippen LogP contribution < -0.4 is 0 Å². The number of halogens is 2. The molecule has 3 rings (SSSR count). The molecule has 0 unspecified atom stereocenters. The standard InChI is InChI=1S/C19H16I2/c1-19(2)17(20)15(13-9-5-3-6-10-13)16(18(19)21)14-11-7-4-8-12-14/h3-12H,1-2H3. The normalized spacial score (nSPS) is 17.5. The highest BCUT2D eigenvalue weighted by molar-refractivity contribution is 14.1. The first-order valence-electron chi connectivity index (χ1n) is 6.95. The first-order chi connectivity index (χ1) is 10.0. The molecule has 0 nitrogen and oxygen atoms in total. The summed E-state index contributed by atoms with van der Waals surface area (Å²) in [6, 6.07) is 21.5. The second-order valence-electron chi connectivity index (χ2n) is 5.74. The summed E-state index contributed by atoms with van der Waals surface area (Å²) in [4.78, 5) is 0. The molecule has 0 radical (unpaired) electrons. The van der Waals surface area contributed by atoms with Crippen molar-refractivity contribution in [2.45, 2.75) is 13.8 Å². The molecule has 2 aromatic rings. The van der Waals surface area contributed by atoms with Crippen LogP contribution in [0.15, 0.2) is 67.8 Å². The Kier molecular flexibility index (Phi) is 4.28. The molecule has 2 aromatic carbocycles. The van der Waals surface area contributed by atoms with Gasteiger partial charge < -0.3 is 0 Å². The molecule has 2 heteroatoms. The molecule has 1 aliphatic rings. The van der Waals surface area contributed by atoms with Gasteiger partial charge in [0.1, 0.15) is 0 Å². The lowest BCUT2D eigenvalue weighted by atomic mass is 9.95. The highest BCUT2D eigenvalue weighted by Gasteiger charge is 2.38. The first-order valence-corrected chi connectivity index (χ1v) is 9.11. The van der Waals surface area contributed by atoms with Gasteiger partial charge in [0, 0.05) is 23.7 Å². The summed E-state index contributed by atoms with van der Waals surface area (Å²) in [6.45, 7) is 4.63. The van der Waals surface area contributed by atoms with Gasteiger partial charge >= 0.3 is 0 Å². The minimum absolute atomic E-state index is 0.0947. The SMILES string of the molecule is CC1(C)C(I)=C(c2ccccc2)C(c2ccccc2)=C1I. The lowest BCUT2D eigenvalue weighted by molar-refractivity contribution is 0.627. The third-order valence-electron chi connectivity index (χ3n) is 3.91. The predicted molar refractivity (Wildman–Crippen MR) is 109 cm³/mol. The van der Waals surface area contributed by atoms with Crippen molar-refractivity contribution in [2.75, 3.05) is 0 Å². The smallest absolute Gasteiger partial charge is 0.0275 e. The van der Waals surface area contributed by atoms with Crippen molar-refractivity contribution in [1.29, 1.82) is 0 Å². The summed E-state index contributed by atoms with van der Waals surface area (Å²) in [5.74, 6) is 0. The quantitative estimate of drug-likeness (QED) is 0.404. The maximum Gasteiger partial charge on any atom is 0.0275 e. The molecule has 0 atom stereocenters. The molecule has 0 spiro atoms. The van der Waals surface area contributed by atoms with Crippen LogP contribution in [-0.4, -0.2) is 0 Å². The highest BCUT2D eigenvalue weighted by atomic mass is 127. The Morgan fingerprint density at radius 1 is 0.619 bits per heavy atom. The van der Waals surface area contributed by atoms with Crippen molar-refractivity contribution < 1.29 is 0 Å². The molecule has 0 aromatic heterocycles. The van der Waals surface area contributed by atoms with Crippen LogP contribution in [0.25, 0.3) is 11.1 Å². The van der Waals surface area contributed by atoms with Crippen LogP contribution >= 0.6 is 45.2 Å². The summed E-state index contributed by atoms with van der Waals surface area (Å²) in [7, 11) is 0. The Bertz CT molecular complexity index is 659. The molecular weight excluding hydrogens is 482 g/mol. The largest absolute Gasteiger partial charge is 0.0622 e. The van der Waals surface area contributed by atoms with Crippen LogP contribution in [0, 0.1) is 5.41 Å². The van der Waals surface area contributed by atoms with Crippen LogP contribution in [0.4, 0.5) is 0 Å².